The molecular formula is C11H20N4O. The number of hydrogen-bond donors (Lipinski definition) is 1. The third-order valence-corrected chi connectivity index (χ3v) is 3.20. The van der Waals surface area contributed by atoms with Crippen molar-refractivity contribution in [3.63, 3.8) is 0 Å². The Hall–Kier alpha value is -1.10. The molecule has 1 aliphatic heterocycles. The Bertz CT molecular complexity index is 350. The van der Waals surface area contributed by atoms with Crippen LogP contribution in [0, 0.1) is 5.92 Å². The Kier molecular flexibility index (Phi) is 3.14. The molecule has 0 bridgehead atoms. The molecule has 3 atom stereocenters. The number of rotatable bonds is 2. The minimum Gasteiger partial charge on any atom is -0.406 e. The zero-order valence-corrected chi connectivity index (χ0v) is 10.2. The van der Waals surface area contributed by atoms with Crippen LogP contribution in [0.2, 0.25) is 0 Å². The lowest BCUT2D eigenvalue weighted by Gasteiger charge is -2.34. The Balaban J connectivity index is 2.11. The first kappa shape index (κ1) is 11.4. The maximum Gasteiger partial charge on any atom is 0.318 e. The molecular weight excluding hydrogens is 204 g/mol. The molecule has 0 spiro atoms. The lowest BCUT2D eigenvalue weighted by molar-refractivity contribution is 0.351. The predicted molar refractivity (Wildman–Crippen MR) is 62.1 cm³/mol. The number of piperidine rings is 1. The van der Waals surface area contributed by atoms with Crippen molar-refractivity contribution in [3.8, 4) is 0 Å². The van der Waals surface area contributed by atoms with Crippen LogP contribution in [0.1, 0.15) is 45.5 Å². The Labute approximate surface area is 96.0 Å². The molecule has 0 saturated carbocycles. The van der Waals surface area contributed by atoms with Crippen LogP contribution in [0.4, 0.5) is 6.01 Å². The molecule has 90 valence electrons. The molecule has 0 aliphatic carbocycles. The van der Waals surface area contributed by atoms with Crippen molar-refractivity contribution in [1.29, 1.82) is 0 Å². The van der Waals surface area contributed by atoms with Crippen molar-refractivity contribution < 1.29 is 4.42 Å². The second kappa shape index (κ2) is 4.41. The van der Waals surface area contributed by atoms with E-state index in [1.54, 1.807) is 0 Å². The molecule has 1 aromatic rings. The standard InChI is InChI=1S/C11H20N4O/c1-7-4-5-15(8(2)6-7)11-14-13-10(16-11)9(3)12/h7-9H,4-6,12H2,1-3H3. The number of nitrogens with two attached hydrogens (primary N) is 1. The molecule has 1 saturated heterocycles. The van der Waals surface area contributed by atoms with Gasteiger partial charge in [0.1, 0.15) is 0 Å². The van der Waals surface area contributed by atoms with E-state index in [4.69, 9.17) is 10.2 Å². The van der Waals surface area contributed by atoms with Gasteiger partial charge in [-0.2, -0.15) is 0 Å². The van der Waals surface area contributed by atoms with Gasteiger partial charge in [0.25, 0.3) is 0 Å². The summed E-state index contributed by atoms with van der Waals surface area (Å²) >= 11 is 0. The van der Waals surface area contributed by atoms with Gasteiger partial charge in [0, 0.05) is 12.6 Å². The molecule has 1 fully saturated rings. The summed E-state index contributed by atoms with van der Waals surface area (Å²) in [6.45, 7) is 7.32. The first-order valence-corrected chi connectivity index (χ1v) is 5.93. The molecule has 1 aromatic heterocycles. The van der Waals surface area contributed by atoms with Gasteiger partial charge in [-0.15, -0.1) is 5.10 Å². The van der Waals surface area contributed by atoms with Gasteiger partial charge in [-0.1, -0.05) is 12.0 Å². The fourth-order valence-corrected chi connectivity index (χ4v) is 2.22. The van der Waals surface area contributed by atoms with E-state index in [1.807, 2.05) is 6.92 Å². The summed E-state index contributed by atoms with van der Waals surface area (Å²) < 4.78 is 5.57. The highest BCUT2D eigenvalue weighted by Gasteiger charge is 2.26. The van der Waals surface area contributed by atoms with Crippen molar-refractivity contribution in [1.82, 2.24) is 10.2 Å². The van der Waals surface area contributed by atoms with Gasteiger partial charge in [-0.3, -0.25) is 0 Å². The average molecular weight is 224 g/mol. The fourth-order valence-electron chi connectivity index (χ4n) is 2.22. The summed E-state index contributed by atoms with van der Waals surface area (Å²) in [6, 6.07) is 0.886. The molecule has 0 radical (unpaired) electrons. The Morgan fingerprint density at radius 2 is 2.19 bits per heavy atom. The smallest absolute Gasteiger partial charge is 0.318 e. The minimum atomic E-state index is -0.194. The molecule has 2 rings (SSSR count). The lowest BCUT2D eigenvalue weighted by Crippen LogP contribution is -2.40. The van der Waals surface area contributed by atoms with E-state index in [9.17, 15) is 0 Å². The van der Waals surface area contributed by atoms with E-state index in [0.29, 0.717) is 17.9 Å². The van der Waals surface area contributed by atoms with Gasteiger partial charge in [0.05, 0.1) is 6.04 Å². The summed E-state index contributed by atoms with van der Waals surface area (Å²) in [6.07, 6.45) is 2.36. The van der Waals surface area contributed by atoms with Crippen LogP contribution < -0.4 is 10.6 Å². The minimum absolute atomic E-state index is 0.194. The monoisotopic (exact) mass is 224 g/mol. The zero-order chi connectivity index (χ0) is 11.7. The van der Waals surface area contributed by atoms with E-state index in [1.165, 1.54) is 12.8 Å². The first-order chi connectivity index (χ1) is 7.58. The lowest BCUT2D eigenvalue weighted by atomic mass is 9.94. The van der Waals surface area contributed by atoms with Gasteiger partial charge in [-0.25, -0.2) is 0 Å². The SMILES string of the molecule is CC1CCN(c2nnc(C(C)N)o2)C(C)C1. The van der Waals surface area contributed by atoms with Crippen LogP contribution in [0.15, 0.2) is 4.42 Å². The number of aromatic nitrogens is 2. The van der Waals surface area contributed by atoms with Crippen molar-refractivity contribution in [2.45, 2.75) is 45.7 Å². The number of hydrogen-bond acceptors (Lipinski definition) is 5. The van der Waals surface area contributed by atoms with Crippen LogP contribution in [-0.4, -0.2) is 22.8 Å². The molecule has 16 heavy (non-hydrogen) atoms. The van der Waals surface area contributed by atoms with Crippen LogP contribution >= 0.6 is 0 Å². The number of anilines is 1. The molecule has 3 unspecified atom stereocenters. The van der Waals surface area contributed by atoms with Crippen LogP contribution in [0.3, 0.4) is 0 Å². The predicted octanol–water partition coefficient (Wildman–Crippen LogP) is 1.71. The number of nitrogens with zero attached hydrogens (tertiary/aromatic N) is 3. The van der Waals surface area contributed by atoms with E-state index >= 15 is 0 Å². The van der Waals surface area contributed by atoms with Crippen molar-refractivity contribution in [2.24, 2.45) is 11.7 Å². The average Bonchev–Trinajstić information content (AvgIpc) is 2.66. The second-order valence-corrected chi connectivity index (χ2v) is 4.88. The van der Waals surface area contributed by atoms with E-state index < -0.39 is 0 Å². The summed E-state index contributed by atoms with van der Waals surface area (Å²) in [7, 11) is 0. The second-order valence-electron chi connectivity index (χ2n) is 4.88. The van der Waals surface area contributed by atoms with Crippen molar-refractivity contribution >= 4 is 6.01 Å². The van der Waals surface area contributed by atoms with Crippen molar-refractivity contribution in [3.05, 3.63) is 5.89 Å². The normalized spacial score (nSPS) is 28.1. The Morgan fingerprint density at radius 1 is 1.44 bits per heavy atom. The summed E-state index contributed by atoms with van der Waals surface area (Å²) in [5.74, 6) is 1.29. The highest BCUT2D eigenvalue weighted by molar-refractivity contribution is 5.27. The van der Waals surface area contributed by atoms with Gasteiger partial charge >= 0.3 is 6.01 Å². The third-order valence-electron chi connectivity index (χ3n) is 3.20. The van der Waals surface area contributed by atoms with Gasteiger partial charge < -0.3 is 15.1 Å². The van der Waals surface area contributed by atoms with Gasteiger partial charge in [0.2, 0.25) is 5.89 Å². The molecule has 5 nitrogen and oxygen atoms in total. The van der Waals surface area contributed by atoms with E-state index in [2.05, 4.69) is 28.9 Å². The van der Waals surface area contributed by atoms with Crippen LogP contribution in [0.5, 0.6) is 0 Å². The van der Waals surface area contributed by atoms with Crippen molar-refractivity contribution in [2.75, 3.05) is 11.4 Å². The van der Waals surface area contributed by atoms with Gasteiger partial charge in [0.15, 0.2) is 0 Å². The molecule has 5 heteroatoms. The largest absolute Gasteiger partial charge is 0.406 e. The summed E-state index contributed by atoms with van der Waals surface area (Å²) in [5.41, 5.74) is 5.70. The highest BCUT2D eigenvalue weighted by Crippen LogP contribution is 2.27. The molecule has 2 N–H and O–H groups in total. The zero-order valence-electron chi connectivity index (χ0n) is 10.2. The summed E-state index contributed by atoms with van der Waals surface area (Å²) in [5, 5.41) is 8.03. The van der Waals surface area contributed by atoms with E-state index in [-0.39, 0.29) is 6.04 Å². The van der Waals surface area contributed by atoms with Crippen LogP contribution in [-0.2, 0) is 0 Å². The maximum absolute atomic E-state index is 5.70. The highest BCUT2D eigenvalue weighted by atomic mass is 16.4. The molecule has 2 heterocycles. The molecule has 0 aromatic carbocycles. The topological polar surface area (TPSA) is 68.2 Å². The van der Waals surface area contributed by atoms with Gasteiger partial charge in [-0.05, 0) is 32.6 Å². The quantitative estimate of drug-likeness (QED) is 0.828. The molecule has 1 aliphatic rings. The third kappa shape index (κ3) is 2.19. The van der Waals surface area contributed by atoms with Crippen LogP contribution in [0.25, 0.3) is 0 Å². The van der Waals surface area contributed by atoms with E-state index in [0.717, 1.165) is 12.5 Å². The Morgan fingerprint density at radius 3 is 2.75 bits per heavy atom. The first-order valence-electron chi connectivity index (χ1n) is 5.93. The fraction of sp³-hybridized carbons (Fsp3) is 0.818. The summed E-state index contributed by atoms with van der Waals surface area (Å²) in [4.78, 5) is 2.18. The maximum atomic E-state index is 5.70. The molecule has 0 amide bonds.